The lowest BCUT2D eigenvalue weighted by molar-refractivity contribution is 0.0568. The van der Waals surface area contributed by atoms with Gasteiger partial charge in [-0.3, -0.25) is 0 Å². The van der Waals surface area contributed by atoms with Gasteiger partial charge in [0.05, 0.1) is 12.1 Å². The van der Waals surface area contributed by atoms with Crippen molar-refractivity contribution in [2.24, 2.45) is 0 Å². The van der Waals surface area contributed by atoms with Crippen molar-refractivity contribution in [1.29, 1.82) is 0 Å². The van der Waals surface area contributed by atoms with Crippen molar-refractivity contribution in [3.63, 3.8) is 0 Å². The molecule has 1 aromatic heterocycles. The first-order valence-electron chi connectivity index (χ1n) is 8.77. The molecular formula is C19H25N3O3S. The molecule has 1 fully saturated rings. The Balaban J connectivity index is 1.48. The van der Waals surface area contributed by atoms with Crippen LogP contribution in [0.4, 0.5) is 10.5 Å². The summed E-state index contributed by atoms with van der Waals surface area (Å²) in [5.41, 5.74) is 0.727. The first-order valence-corrected chi connectivity index (χ1v) is 9.65. The number of carbonyl (C=O) groups excluding carboxylic acids is 1. The van der Waals surface area contributed by atoms with E-state index in [9.17, 15) is 4.79 Å². The lowest BCUT2D eigenvalue weighted by Gasteiger charge is -2.20. The van der Waals surface area contributed by atoms with E-state index in [0.29, 0.717) is 13.2 Å². The first-order chi connectivity index (χ1) is 12.6. The van der Waals surface area contributed by atoms with Gasteiger partial charge in [0.15, 0.2) is 0 Å². The lowest BCUT2D eigenvalue weighted by Crippen LogP contribution is -2.45. The van der Waals surface area contributed by atoms with Crippen LogP contribution in [0.15, 0.2) is 41.8 Å². The van der Waals surface area contributed by atoms with Crippen molar-refractivity contribution in [3.05, 3.63) is 46.7 Å². The average Bonchev–Trinajstić information content (AvgIpc) is 3.25. The SMILES string of the molecule is CCO[C@H]1CN(C)C[C@@H]1NC(=O)Nc1ccc(OCc2cccs2)cc1. The standard InChI is InChI=1S/C19H25N3O3S/c1-3-24-18-12-22(2)11-17(18)21-19(23)20-14-6-8-15(9-7-14)25-13-16-5-4-10-26-16/h4-10,17-18H,3,11-13H2,1-2H3,(H2,20,21,23)/t17-,18-/m0/s1. The number of amides is 2. The van der Waals surface area contributed by atoms with Crippen LogP contribution in [0.5, 0.6) is 5.75 Å². The number of hydrogen-bond donors (Lipinski definition) is 2. The quantitative estimate of drug-likeness (QED) is 0.780. The fraction of sp³-hybridized carbons (Fsp3) is 0.421. The number of nitrogens with one attached hydrogen (secondary N) is 2. The monoisotopic (exact) mass is 375 g/mol. The van der Waals surface area contributed by atoms with Crippen LogP contribution in [0.3, 0.4) is 0 Å². The molecule has 1 aromatic carbocycles. The molecule has 0 bridgehead atoms. The highest BCUT2D eigenvalue weighted by Gasteiger charge is 2.32. The van der Waals surface area contributed by atoms with Gasteiger partial charge in [0.2, 0.25) is 0 Å². The van der Waals surface area contributed by atoms with E-state index in [-0.39, 0.29) is 18.2 Å². The Morgan fingerprint density at radius 2 is 2.08 bits per heavy atom. The van der Waals surface area contributed by atoms with E-state index < -0.39 is 0 Å². The van der Waals surface area contributed by atoms with Gasteiger partial charge in [0, 0.05) is 30.3 Å². The highest BCUT2D eigenvalue weighted by atomic mass is 32.1. The van der Waals surface area contributed by atoms with Crippen molar-refractivity contribution in [1.82, 2.24) is 10.2 Å². The molecule has 2 N–H and O–H groups in total. The van der Waals surface area contributed by atoms with Gasteiger partial charge in [-0.25, -0.2) is 4.79 Å². The predicted molar refractivity (Wildman–Crippen MR) is 104 cm³/mol. The van der Waals surface area contributed by atoms with Crippen LogP contribution in [-0.4, -0.2) is 49.8 Å². The van der Waals surface area contributed by atoms with Gasteiger partial charge in [0.1, 0.15) is 12.4 Å². The van der Waals surface area contributed by atoms with Crippen LogP contribution in [-0.2, 0) is 11.3 Å². The minimum atomic E-state index is -0.220. The van der Waals surface area contributed by atoms with Crippen molar-refractivity contribution < 1.29 is 14.3 Å². The summed E-state index contributed by atoms with van der Waals surface area (Å²) in [6, 6.07) is 11.2. The van der Waals surface area contributed by atoms with Gasteiger partial charge in [-0.15, -0.1) is 11.3 Å². The Kier molecular flexibility index (Phi) is 6.49. The molecule has 0 saturated carbocycles. The Bertz CT molecular complexity index is 691. The minimum absolute atomic E-state index is 0.00616. The number of likely N-dealkylation sites (tertiary alicyclic amines) is 1. The van der Waals surface area contributed by atoms with Crippen molar-refractivity contribution in [2.75, 3.05) is 32.1 Å². The van der Waals surface area contributed by atoms with Crippen molar-refractivity contribution >= 4 is 23.1 Å². The molecule has 0 radical (unpaired) electrons. The van der Waals surface area contributed by atoms with E-state index in [1.54, 1.807) is 11.3 Å². The number of ether oxygens (including phenoxy) is 2. The Hall–Kier alpha value is -2.09. The van der Waals surface area contributed by atoms with Gasteiger partial charge in [-0.2, -0.15) is 0 Å². The topological polar surface area (TPSA) is 62.8 Å². The molecule has 2 atom stereocenters. The van der Waals surface area contributed by atoms with Crippen LogP contribution >= 0.6 is 11.3 Å². The molecule has 26 heavy (non-hydrogen) atoms. The highest BCUT2D eigenvalue weighted by Crippen LogP contribution is 2.19. The van der Waals surface area contributed by atoms with E-state index in [4.69, 9.17) is 9.47 Å². The molecule has 1 saturated heterocycles. The van der Waals surface area contributed by atoms with Gasteiger partial charge in [0.25, 0.3) is 0 Å². The summed E-state index contributed by atoms with van der Waals surface area (Å²) in [6.45, 7) is 4.78. The van der Waals surface area contributed by atoms with Crippen LogP contribution in [0, 0.1) is 0 Å². The predicted octanol–water partition coefficient (Wildman–Crippen LogP) is 3.17. The molecule has 140 valence electrons. The second kappa shape index (κ2) is 9.02. The molecule has 0 aliphatic carbocycles. The average molecular weight is 375 g/mol. The number of benzene rings is 1. The summed E-state index contributed by atoms with van der Waals surface area (Å²) < 4.78 is 11.4. The number of carbonyl (C=O) groups is 1. The van der Waals surface area contributed by atoms with Gasteiger partial charge >= 0.3 is 6.03 Å². The van der Waals surface area contributed by atoms with E-state index in [2.05, 4.69) is 15.5 Å². The summed E-state index contributed by atoms with van der Waals surface area (Å²) in [5.74, 6) is 0.776. The molecule has 2 heterocycles. The third-order valence-corrected chi connectivity index (χ3v) is 5.07. The summed E-state index contributed by atoms with van der Waals surface area (Å²) in [5, 5.41) is 7.90. The Morgan fingerprint density at radius 3 is 2.77 bits per heavy atom. The maximum atomic E-state index is 12.3. The van der Waals surface area contributed by atoms with Gasteiger partial charge in [-0.05, 0) is 49.7 Å². The number of nitrogens with zero attached hydrogens (tertiary/aromatic N) is 1. The molecule has 1 aliphatic rings. The molecule has 7 heteroatoms. The number of rotatable bonds is 7. The number of hydrogen-bond acceptors (Lipinski definition) is 5. The van der Waals surface area contributed by atoms with Crippen molar-refractivity contribution in [3.8, 4) is 5.75 Å². The Labute approximate surface area is 158 Å². The van der Waals surface area contributed by atoms with E-state index in [1.807, 2.05) is 55.7 Å². The van der Waals surface area contributed by atoms with E-state index >= 15 is 0 Å². The van der Waals surface area contributed by atoms with E-state index in [1.165, 1.54) is 4.88 Å². The van der Waals surface area contributed by atoms with E-state index in [0.717, 1.165) is 24.5 Å². The third-order valence-electron chi connectivity index (χ3n) is 4.22. The first kappa shape index (κ1) is 18.7. The third kappa shape index (κ3) is 5.20. The largest absolute Gasteiger partial charge is 0.488 e. The van der Waals surface area contributed by atoms with Crippen LogP contribution in [0.1, 0.15) is 11.8 Å². The fourth-order valence-electron chi connectivity index (χ4n) is 3.00. The minimum Gasteiger partial charge on any atom is -0.488 e. The maximum absolute atomic E-state index is 12.3. The highest BCUT2D eigenvalue weighted by molar-refractivity contribution is 7.09. The Morgan fingerprint density at radius 1 is 1.27 bits per heavy atom. The van der Waals surface area contributed by atoms with Crippen LogP contribution < -0.4 is 15.4 Å². The number of anilines is 1. The molecule has 0 spiro atoms. The second-order valence-electron chi connectivity index (χ2n) is 6.31. The zero-order chi connectivity index (χ0) is 18.4. The smallest absolute Gasteiger partial charge is 0.319 e. The zero-order valence-corrected chi connectivity index (χ0v) is 15.9. The summed E-state index contributed by atoms with van der Waals surface area (Å²) in [7, 11) is 2.03. The van der Waals surface area contributed by atoms with Gasteiger partial charge in [-0.1, -0.05) is 6.07 Å². The van der Waals surface area contributed by atoms with Crippen LogP contribution in [0.2, 0.25) is 0 Å². The summed E-state index contributed by atoms with van der Waals surface area (Å²) in [6.07, 6.45) is 0.0313. The molecular weight excluding hydrogens is 350 g/mol. The second-order valence-corrected chi connectivity index (χ2v) is 7.34. The maximum Gasteiger partial charge on any atom is 0.319 e. The number of likely N-dealkylation sites (N-methyl/N-ethyl adjacent to an activating group) is 1. The molecule has 0 unspecified atom stereocenters. The zero-order valence-electron chi connectivity index (χ0n) is 15.1. The normalized spacial score (nSPS) is 20.1. The summed E-state index contributed by atoms with van der Waals surface area (Å²) >= 11 is 1.67. The van der Waals surface area contributed by atoms with Crippen molar-refractivity contribution in [2.45, 2.75) is 25.7 Å². The molecule has 1 aliphatic heterocycles. The number of thiophene rings is 1. The van der Waals surface area contributed by atoms with Gasteiger partial charge < -0.3 is 25.0 Å². The number of urea groups is 1. The molecule has 2 aromatic rings. The summed E-state index contributed by atoms with van der Waals surface area (Å²) in [4.78, 5) is 15.6. The fourth-order valence-corrected chi connectivity index (χ4v) is 3.62. The lowest BCUT2D eigenvalue weighted by atomic mass is 10.2. The molecule has 3 rings (SSSR count). The van der Waals surface area contributed by atoms with Crippen LogP contribution in [0.25, 0.3) is 0 Å². The molecule has 6 nitrogen and oxygen atoms in total. The molecule has 2 amide bonds.